The Morgan fingerprint density at radius 3 is 2.65 bits per heavy atom. The molecule has 0 aromatic heterocycles. The first-order chi connectivity index (χ1) is 8.19. The maximum Gasteiger partial charge on any atom is 0.220 e. The highest BCUT2D eigenvalue weighted by Gasteiger charge is 2.16. The van der Waals surface area contributed by atoms with Crippen LogP contribution in [0.25, 0.3) is 0 Å². The Bertz CT molecular complexity index is 363. The van der Waals surface area contributed by atoms with E-state index in [4.69, 9.17) is 0 Å². The maximum absolute atomic E-state index is 11.7. The minimum Gasteiger partial charge on any atom is -0.508 e. The first-order valence-corrected chi connectivity index (χ1v) is 6.23. The fourth-order valence-electron chi connectivity index (χ4n) is 1.87. The van der Waals surface area contributed by atoms with E-state index in [1.54, 1.807) is 12.1 Å². The number of para-hydroxylation sites is 1. The molecule has 0 unspecified atom stereocenters. The first kappa shape index (κ1) is 13.6. The van der Waals surface area contributed by atoms with Gasteiger partial charge in [0, 0.05) is 13.0 Å². The van der Waals surface area contributed by atoms with Crippen molar-refractivity contribution in [1.29, 1.82) is 0 Å². The van der Waals surface area contributed by atoms with Gasteiger partial charge < -0.3 is 10.4 Å². The van der Waals surface area contributed by atoms with Crippen LogP contribution in [0.3, 0.4) is 0 Å². The summed E-state index contributed by atoms with van der Waals surface area (Å²) in [5, 5.41) is 12.6. The summed E-state index contributed by atoms with van der Waals surface area (Å²) in [6, 6.07) is 7.24. The Labute approximate surface area is 103 Å². The molecule has 0 bridgehead atoms. The number of benzene rings is 1. The van der Waals surface area contributed by atoms with Gasteiger partial charge in [-0.2, -0.15) is 0 Å². The van der Waals surface area contributed by atoms with Crippen LogP contribution in [-0.4, -0.2) is 17.6 Å². The molecule has 0 fully saturated rings. The van der Waals surface area contributed by atoms with Crippen LogP contribution in [0.5, 0.6) is 5.75 Å². The summed E-state index contributed by atoms with van der Waals surface area (Å²) in [4.78, 5) is 11.7. The highest BCUT2D eigenvalue weighted by molar-refractivity contribution is 5.77. The van der Waals surface area contributed by atoms with Crippen LogP contribution in [0.15, 0.2) is 24.3 Å². The largest absolute Gasteiger partial charge is 0.508 e. The van der Waals surface area contributed by atoms with Crippen LogP contribution in [-0.2, 0) is 4.79 Å². The fraction of sp³-hybridized carbons (Fsp3) is 0.500. The minimum atomic E-state index is 0.0574. The molecule has 3 nitrogen and oxygen atoms in total. The topological polar surface area (TPSA) is 49.3 Å². The second kappa shape index (κ2) is 6.94. The van der Waals surface area contributed by atoms with Crippen molar-refractivity contribution in [2.24, 2.45) is 0 Å². The zero-order chi connectivity index (χ0) is 12.7. The van der Waals surface area contributed by atoms with Crippen molar-refractivity contribution >= 4 is 5.91 Å². The fourth-order valence-corrected chi connectivity index (χ4v) is 1.87. The number of aromatic hydroxyl groups is 1. The van der Waals surface area contributed by atoms with Gasteiger partial charge in [0.25, 0.3) is 0 Å². The quantitative estimate of drug-likeness (QED) is 0.796. The summed E-state index contributed by atoms with van der Waals surface area (Å²) >= 11 is 0. The zero-order valence-corrected chi connectivity index (χ0v) is 10.6. The highest BCUT2D eigenvalue weighted by Crippen LogP contribution is 2.30. The molecule has 2 N–H and O–H groups in total. The molecule has 0 saturated heterocycles. The maximum atomic E-state index is 11.7. The van der Waals surface area contributed by atoms with E-state index >= 15 is 0 Å². The molecule has 1 amide bonds. The van der Waals surface area contributed by atoms with Gasteiger partial charge in [-0.1, -0.05) is 32.0 Å². The number of phenolic OH excluding ortho intramolecular Hbond substituents is 1. The summed E-state index contributed by atoms with van der Waals surface area (Å²) in [6.07, 6.45) is 2.23. The highest BCUT2D eigenvalue weighted by atomic mass is 16.3. The van der Waals surface area contributed by atoms with Crippen molar-refractivity contribution in [3.8, 4) is 5.75 Å². The molecule has 1 atom stereocenters. The molecule has 1 rings (SSSR count). The van der Waals surface area contributed by atoms with Gasteiger partial charge in [-0.25, -0.2) is 0 Å². The van der Waals surface area contributed by atoms with E-state index in [0.717, 1.165) is 24.9 Å². The van der Waals surface area contributed by atoms with Crippen molar-refractivity contribution in [3.05, 3.63) is 29.8 Å². The number of carbonyl (C=O) groups excluding carboxylic acids is 1. The SMILES string of the molecule is CCCNC(=O)C[C@@H](CC)c1ccccc1O. The van der Waals surface area contributed by atoms with Crippen LogP contribution in [0, 0.1) is 0 Å². The second-order valence-corrected chi connectivity index (χ2v) is 4.22. The Kier molecular flexibility index (Phi) is 5.53. The minimum absolute atomic E-state index is 0.0574. The van der Waals surface area contributed by atoms with Gasteiger partial charge in [-0.05, 0) is 30.4 Å². The number of nitrogens with one attached hydrogen (secondary N) is 1. The lowest BCUT2D eigenvalue weighted by Gasteiger charge is -2.16. The summed E-state index contributed by atoms with van der Waals surface area (Å²) in [5.41, 5.74) is 0.863. The molecule has 3 heteroatoms. The van der Waals surface area contributed by atoms with Gasteiger partial charge >= 0.3 is 0 Å². The van der Waals surface area contributed by atoms with Crippen LogP contribution < -0.4 is 5.32 Å². The lowest BCUT2D eigenvalue weighted by molar-refractivity contribution is -0.121. The Balaban J connectivity index is 2.66. The number of amides is 1. The molecular formula is C14H21NO2. The molecule has 0 aliphatic heterocycles. The molecule has 0 aliphatic carbocycles. The van der Waals surface area contributed by atoms with Crippen molar-refractivity contribution < 1.29 is 9.90 Å². The van der Waals surface area contributed by atoms with E-state index in [1.807, 2.05) is 26.0 Å². The van der Waals surface area contributed by atoms with Crippen molar-refractivity contribution in [2.45, 2.75) is 39.0 Å². The third-order valence-corrected chi connectivity index (χ3v) is 2.87. The van der Waals surface area contributed by atoms with Crippen LogP contribution in [0.4, 0.5) is 0 Å². The monoisotopic (exact) mass is 235 g/mol. The molecule has 0 spiro atoms. The molecule has 0 radical (unpaired) electrons. The standard InChI is InChI=1S/C14H21NO2/c1-3-9-15-14(17)10-11(4-2)12-7-5-6-8-13(12)16/h5-8,11,16H,3-4,9-10H2,1-2H3,(H,15,17)/t11-/m1/s1. The van der Waals surface area contributed by atoms with Crippen molar-refractivity contribution in [2.75, 3.05) is 6.54 Å². The Morgan fingerprint density at radius 1 is 1.35 bits per heavy atom. The van der Waals surface area contributed by atoms with Crippen molar-refractivity contribution in [1.82, 2.24) is 5.32 Å². The third-order valence-electron chi connectivity index (χ3n) is 2.87. The van der Waals surface area contributed by atoms with E-state index in [1.165, 1.54) is 0 Å². The Morgan fingerprint density at radius 2 is 2.06 bits per heavy atom. The van der Waals surface area contributed by atoms with Gasteiger partial charge in [0.2, 0.25) is 5.91 Å². The average molecular weight is 235 g/mol. The average Bonchev–Trinajstić information content (AvgIpc) is 2.34. The summed E-state index contributed by atoms with van der Waals surface area (Å²) in [5.74, 6) is 0.428. The van der Waals surface area contributed by atoms with E-state index in [0.29, 0.717) is 6.42 Å². The molecule has 0 heterocycles. The number of carbonyl (C=O) groups is 1. The summed E-state index contributed by atoms with van der Waals surface area (Å²) < 4.78 is 0. The molecule has 1 aromatic carbocycles. The smallest absolute Gasteiger partial charge is 0.220 e. The van der Waals surface area contributed by atoms with E-state index in [9.17, 15) is 9.90 Å². The van der Waals surface area contributed by atoms with E-state index < -0.39 is 0 Å². The molecule has 17 heavy (non-hydrogen) atoms. The number of hydrogen-bond acceptors (Lipinski definition) is 2. The number of phenols is 1. The summed E-state index contributed by atoms with van der Waals surface area (Å²) in [6.45, 7) is 4.78. The molecule has 0 aliphatic rings. The van der Waals surface area contributed by atoms with Gasteiger partial charge in [0.15, 0.2) is 0 Å². The van der Waals surface area contributed by atoms with E-state index in [-0.39, 0.29) is 17.6 Å². The zero-order valence-electron chi connectivity index (χ0n) is 10.6. The Hall–Kier alpha value is -1.51. The predicted octanol–water partition coefficient (Wildman–Crippen LogP) is 2.80. The van der Waals surface area contributed by atoms with Gasteiger partial charge in [0.05, 0.1) is 0 Å². The molecular weight excluding hydrogens is 214 g/mol. The number of hydrogen-bond donors (Lipinski definition) is 2. The van der Waals surface area contributed by atoms with Crippen LogP contribution in [0.2, 0.25) is 0 Å². The van der Waals surface area contributed by atoms with Crippen LogP contribution >= 0.6 is 0 Å². The van der Waals surface area contributed by atoms with E-state index in [2.05, 4.69) is 5.32 Å². The summed E-state index contributed by atoms with van der Waals surface area (Å²) in [7, 11) is 0. The second-order valence-electron chi connectivity index (χ2n) is 4.22. The third kappa shape index (κ3) is 4.10. The predicted molar refractivity (Wildman–Crippen MR) is 69.1 cm³/mol. The van der Waals surface area contributed by atoms with Crippen molar-refractivity contribution in [3.63, 3.8) is 0 Å². The van der Waals surface area contributed by atoms with Gasteiger partial charge in [-0.3, -0.25) is 4.79 Å². The number of rotatable bonds is 6. The first-order valence-electron chi connectivity index (χ1n) is 6.23. The van der Waals surface area contributed by atoms with Gasteiger partial charge in [-0.15, -0.1) is 0 Å². The normalized spacial score (nSPS) is 12.1. The lowest BCUT2D eigenvalue weighted by Crippen LogP contribution is -2.25. The molecule has 0 saturated carbocycles. The molecule has 94 valence electrons. The van der Waals surface area contributed by atoms with Crippen LogP contribution in [0.1, 0.15) is 44.6 Å². The lowest BCUT2D eigenvalue weighted by atomic mass is 9.92. The van der Waals surface area contributed by atoms with Gasteiger partial charge in [0.1, 0.15) is 5.75 Å². The molecule has 1 aromatic rings.